The van der Waals surface area contributed by atoms with Crippen LogP contribution in [-0.4, -0.2) is 21.6 Å². The summed E-state index contributed by atoms with van der Waals surface area (Å²) in [6, 6.07) is 13.2. The molecule has 24 heavy (non-hydrogen) atoms. The van der Waals surface area contributed by atoms with Crippen LogP contribution < -0.4 is 5.32 Å². The molecule has 1 amide bonds. The fourth-order valence-corrected chi connectivity index (χ4v) is 3.15. The number of aryl methyl sites for hydroxylation is 2. The van der Waals surface area contributed by atoms with Crippen LogP contribution in [0.5, 0.6) is 0 Å². The summed E-state index contributed by atoms with van der Waals surface area (Å²) >= 11 is 7.45. The number of amides is 1. The predicted molar refractivity (Wildman–Crippen MR) is 99.8 cm³/mol. The standard InChI is InChI=1S/C18H16ClN3OS/c1-11-7-8-13(9-14(11)19)21-17(23)10-24-18-12(2)20-15-5-3-4-6-16(15)22-18/h3-9H,10H2,1-2H3,(H,21,23). The Labute approximate surface area is 149 Å². The summed E-state index contributed by atoms with van der Waals surface area (Å²) in [6.45, 7) is 3.82. The molecule has 0 aliphatic rings. The maximum atomic E-state index is 12.1. The van der Waals surface area contributed by atoms with E-state index < -0.39 is 0 Å². The first-order valence-electron chi connectivity index (χ1n) is 7.45. The quantitative estimate of drug-likeness (QED) is 0.691. The van der Waals surface area contributed by atoms with E-state index >= 15 is 0 Å². The number of fused-ring (bicyclic) bond motifs is 1. The minimum absolute atomic E-state index is 0.103. The van der Waals surface area contributed by atoms with E-state index in [0.29, 0.717) is 10.7 Å². The average Bonchev–Trinajstić information content (AvgIpc) is 2.56. The first-order chi connectivity index (χ1) is 11.5. The molecule has 6 heteroatoms. The van der Waals surface area contributed by atoms with Gasteiger partial charge in [-0.05, 0) is 43.7 Å². The number of hydrogen-bond acceptors (Lipinski definition) is 4. The van der Waals surface area contributed by atoms with Gasteiger partial charge in [-0.25, -0.2) is 9.97 Å². The molecule has 0 saturated carbocycles. The largest absolute Gasteiger partial charge is 0.325 e. The Hall–Kier alpha value is -2.11. The number of benzene rings is 2. The van der Waals surface area contributed by atoms with Gasteiger partial charge in [-0.1, -0.05) is 41.6 Å². The third-order valence-corrected chi connectivity index (χ3v) is 4.97. The van der Waals surface area contributed by atoms with Gasteiger partial charge in [0.05, 0.1) is 22.5 Å². The smallest absolute Gasteiger partial charge is 0.234 e. The van der Waals surface area contributed by atoms with Crippen molar-refractivity contribution in [3.8, 4) is 0 Å². The van der Waals surface area contributed by atoms with Crippen molar-refractivity contribution in [3.63, 3.8) is 0 Å². The molecule has 1 heterocycles. The minimum Gasteiger partial charge on any atom is -0.325 e. The lowest BCUT2D eigenvalue weighted by atomic mass is 10.2. The Kier molecular flexibility index (Phi) is 5.02. The molecular formula is C18H16ClN3OS. The summed E-state index contributed by atoms with van der Waals surface area (Å²) in [5.41, 5.74) is 4.18. The van der Waals surface area contributed by atoms with Crippen LogP contribution in [0.25, 0.3) is 11.0 Å². The monoisotopic (exact) mass is 357 g/mol. The molecule has 0 atom stereocenters. The fourth-order valence-electron chi connectivity index (χ4n) is 2.21. The zero-order valence-corrected chi connectivity index (χ0v) is 14.9. The first-order valence-corrected chi connectivity index (χ1v) is 8.81. The van der Waals surface area contributed by atoms with E-state index in [9.17, 15) is 4.79 Å². The van der Waals surface area contributed by atoms with Crippen LogP contribution in [0.3, 0.4) is 0 Å². The maximum Gasteiger partial charge on any atom is 0.234 e. The Balaban J connectivity index is 1.67. The topological polar surface area (TPSA) is 54.9 Å². The van der Waals surface area contributed by atoms with Crippen molar-refractivity contribution in [1.82, 2.24) is 9.97 Å². The highest BCUT2D eigenvalue weighted by molar-refractivity contribution is 8.00. The lowest BCUT2D eigenvalue weighted by Crippen LogP contribution is -2.14. The molecule has 0 aliphatic heterocycles. The van der Waals surface area contributed by atoms with E-state index in [1.54, 1.807) is 6.07 Å². The molecule has 0 aliphatic carbocycles. The highest BCUT2D eigenvalue weighted by Crippen LogP contribution is 2.23. The van der Waals surface area contributed by atoms with Gasteiger partial charge in [-0.3, -0.25) is 4.79 Å². The highest BCUT2D eigenvalue weighted by atomic mass is 35.5. The first kappa shape index (κ1) is 16.7. The second kappa shape index (κ2) is 7.20. The van der Waals surface area contributed by atoms with Crippen LogP contribution in [0.1, 0.15) is 11.3 Å². The van der Waals surface area contributed by atoms with Crippen LogP contribution in [0.4, 0.5) is 5.69 Å². The van der Waals surface area contributed by atoms with Crippen molar-refractivity contribution in [2.75, 3.05) is 11.1 Å². The van der Waals surface area contributed by atoms with Gasteiger partial charge in [0.2, 0.25) is 5.91 Å². The van der Waals surface area contributed by atoms with Gasteiger partial charge in [0.25, 0.3) is 0 Å². The molecule has 0 bridgehead atoms. The lowest BCUT2D eigenvalue weighted by Gasteiger charge is -2.08. The summed E-state index contributed by atoms with van der Waals surface area (Å²) in [5, 5.41) is 4.25. The summed E-state index contributed by atoms with van der Waals surface area (Å²) in [7, 11) is 0. The van der Waals surface area contributed by atoms with Gasteiger partial charge in [0.15, 0.2) is 0 Å². The molecular weight excluding hydrogens is 342 g/mol. The summed E-state index contributed by atoms with van der Waals surface area (Å²) < 4.78 is 0. The second-order valence-corrected chi connectivity index (χ2v) is 6.77. The number of anilines is 1. The molecule has 3 rings (SSSR count). The van der Waals surface area contributed by atoms with E-state index in [2.05, 4.69) is 15.3 Å². The van der Waals surface area contributed by atoms with Gasteiger partial charge in [0, 0.05) is 10.7 Å². The molecule has 2 aromatic carbocycles. The number of nitrogens with zero attached hydrogens (tertiary/aromatic N) is 2. The zero-order chi connectivity index (χ0) is 17.1. The molecule has 1 aromatic heterocycles. The average molecular weight is 358 g/mol. The number of nitrogens with one attached hydrogen (secondary N) is 1. The van der Waals surface area contributed by atoms with Crippen molar-refractivity contribution in [2.24, 2.45) is 0 Å². The van der Waals surface area contributed by atoms with E-state index in [1.165, 1.54) is 11.8 Å². The molecule has 0 unspecified atom stereocenters. The van der Waals surface area contributed by atoms with Crippen LogP contribution in [-0.2, 0) is 4.79 Å². The van der Waals surface area contributed by atoms with E-state index in [0.717, 1.165) is 27.3 Å². The number of thioether (sulfide) groups is 1. The van der Waals surface area contributed by atoms with Crippen molar-refractivity contribution >= 4 is 46.0 Å². The van der Waals surface area contributed by atoms with Gasteiger partial charge < -0.3 is 5.32 Å². The van der Waals surface area contributed by atoms with E-state index in [1.807, 2.05) is 50.2 Å². The number of rotatable bonds is 4. The van der Waals surface area contributed by atoms with Gasteiger partial charge >= 0.3 is 0 Å². The third kappa shape index (κ3) is 3.86. The zero-order valence-electron chi connectivity index (χ0n) is 13.3. The van der Waals surface area contributed by atoms with Crippen molar-refractivity contribution < 1.29 is 4.79 Å². The number of aromatic nitrogens is 2. The summed E-state index contributed by atoms with van der Waals surface area (Å²) in [5.74, 6) is 0.161. The molecule has 122 valence electrons. The number of para-hydroxylation sites is 2. The van der Waals surface area contributed by atoms with E-state index in [-0.39, 0.29) is 11.7 Å². The van der Waals surface area contributed by atoms with Gasteiger partial charge in [0.1, 0.15) is 5.03 Å². The van der Waals surface area contributed by atoms with Gasteiger partial charge in [-0.2, -0.15) is 0 Å². The number of carbonyl (C=O) groups is 1. The normalized spacial score (nSPS) is 10.8. The SMILES string of the molecule is Cc1ccc(NC(=O)CSc2nc3ccccc3nc2C)cc1Cl. The molecule has 0 saturated heterocycles. The minimum atomic E-state index is -0.103. The number of carbonyl (C=O) groups excluding carboxylic acids is 1. The van der Waals surface area contributed by atoms with Crippen LogP contribution in [0, 0.1) is 13.8 Å². The Morgan fingerprint density at radius 3 is 2.54 bits per heavy atom. The molecule has 4 nitrogen and oxygen atoms in total. The van der Waals surface area contributed by atoms with E-state index in [4.69, 9.17) is 11.6 Å². The van der Waals surface area contributed by atoms with Crippen LogP contribution in [0.15, 0.2) is 47.5 Å². The molecule has 3 aromatic rings. The molecule has 0 spiro atoms. The third-order valence-electron chi connectivity index (χ3n) is 3.50. The highest BCUT2D eigenvalue weighted by Gasteiger charge is 2.09. The summed E-state index contributed by atoms with van der Waals surface area (Å²) in [4.78, 5) is 21.2. The second-order valence-electron chi connectivity index (χ2n) is 5.40. The Bertz CT molecular complexity index is 914. The fraction of sp³-hybridized carbons (Fsp3) is 0.167. The van der Waals surface area contributed by atoms with Crippen LogP contribution in [0.2, 0.25) is 5.02 Å². The Morgan fingerprint density at radius 2 is 1.83 bits per heavy atom. The Morgan fingerprint density at radius 1 is 1.12 bits per heavy atom. The predicted octanol–water partition coefficient (Wildman–Crippen LogP) is 4.63. The number of halogens is 1. The van der Waals surface area contributed by atoms with Crippen molar-refractivity contribution in [2.45, 2.75) is 18.9 Å². The lowest BCUT2D eigenvalue weighted by molar-refractivity contribution is -0.113. The number of hydrogen-bond donors (Lipinski definition) is 1. The van der Waals surface area contributed by atoms with Crippen molar-refractivity contribution in [1.29, 1.82) is 0 Å². The van der Waals surface area contributed by atoms with Crippen molar-refractivity contribution in [3.05, 3.63) is 58.7 Å². The molecule has 0 radical (unpaired) electrons. The molecule has 0 fully saturated rings. The maximum absolute atomic E-state index is 12.1. The van der Waals surface area contributed by atoms with Gasteiger partial charge in [-0.15, -0.1) is 0 Å². The summed E-state index contributed by atoms with van der Waals surface area (Å²) in [6.07, 6.45) is 0. The van der Waals surface area contributed by atoms with Crippen LogP contribution >= 0.6 is 23.4 Å². The molecule has 1 N–H and O–H groups in total.